The monoisotopic (exact) mass is 274 g/mol. The molecule has 2 aromatic carbocycles. The lowest BCUT2D eigenvalue weighted by Crippen LogP contribution is -1.91. The summed E-state index contributed by atoms with van der Waals surface area (Å²) in [6, 6.07) is 11.8. The van der Waals surface area contributed by atoms with Gasteiger partial charge in [0.1, 0.15) is 11.5 Å². The summed E-state index contributed by atoms with van der Waals surface area (Å²) in [6.45, 7) is 15.2. The molecule has 2 rings (SSSR count). The smallest absolute Gasteiger partial charge is 0.135 e. The zero-order chi connectivity index (χ0) is 15.2. The Morgan fingerprint density at radius 3 is 1.38 bits per heavy atom. The first-order valence-electron chi connectivity index (χ1n) is 6.67. The zero-order valence-corrected chi connectivity index (χ0v) is 12.0. The second kappa shape index (κ2) is 6.58. The predicted molar refractivity (Wildman–Crippen MR) is 93.3 cm³/mol. The molecule has 0 aliphatic rings. The molecule has 0 fully saturated rings. The summed E-state index contributed by atoms with van der Waals surface area (Å²) >= 11 is 0. The molecule has 104 valence electrons. The average Bonchev–Trinajstić information content (AvgIpc) is 2.54. The van der Waals surface area contributed by atoms with E-state index in [-0.39, 0.29) is 0 Å². The maximum Gasteiger partial charge on any atom is 0.135 e. The van der Waals surface area contributed by atoms with E-state index in [1.807, 2.05) is 36.4 Å². The standard InChI is InChI=1S/C20H18O/c1-5-15-9-11-17(7-3)19(13-15)21-20-14-16(6-2)10-12-18(20)8-4/h5-14H,1-4H2. The fraction of sp³-hybridized carbons (Fsp3) is 0. The van der Waals surface area contributed by atoms with Gasteiger partial charge in [-0.3, -0.25) is 0 Å². The summed E-state index contributed by atoms with van der Waals surface area (Å²) in [5.41, 5.74) is 3.85. The topological polar surface area (TPSA) is 9.23 Å². The molecule has 2 aromatic rings. The first-order chi connectivity index (χ1) is 10.2. The summed E-state index contributed by atoms with van der Waals surface area (Å²) in [5, 5.41) is 0. The van der Waals surface area contributed by atoms with Gasteiger partial charge in [0.2, 0.25) is 0 Å². The summed E-state index contributed by atoms with van der Waals surface area (Å²) in [6.07, 6.45) is 7.11. The second-order valence-corrected chi connectivity index (χ2v) is 4.51. The molecule has 0 radical (unpaired) electrons. The molecular formula is C20H18O. The Bertz CT molecular complexity index is 646. The summed E-state index contributed by atoms with van der Waals surface area (Å²) in [5.74, 6) is 1.48. The molecule has 0 atom stereocenters. The van der Waals surface area contributed by atoms with Crippen LogP contribution in [0.4, 0.5) is 0 Å². The van der Waals surface area contributed by atoms with Gasteiger partial charge in [-0.05, 0) is 23.3 Å². The van der Waals surface area contributed by atoms with Gasteiger partial charge in [-0.15, -0.1) is 0 Å². The third-order valence-electron chi connectivity index (χ3n) is 3.21. The quantitative estimate of drug-likeness (QED) is 0.623. The van der Waals surface area contributed by atoms with Crippen LogP contribution in [0.5, 0.6) is 11.5 Å². The van der Waals surface area contributed by atoms with Crippen molar-refractivity contribution < 1.29 is 4.74 Å². The van der Waals surface area contributed by atoms with Crippen LogP contribution in [0.25, 0.3) is 24.3 Å². The Morgan fingerprint density at radius 1 is 0.619 bits per heavy atom. The highest BCUT2D eigenvalue weighted by atomic mass is 16.5. The fourth-order valence-electron chi connectivity index (χ4n) is 1.99. The minimum atomic E-state index is 0.742. The molecule has 0 aliphatic heterocycles. The van der Waals surface area contributed by atoms with E-state index in [9.17, 15) is 0 Å². The minimum absolute atomic E-state index is 0.742. The number of rotatable bonds is 6. The van der Waals surface area contributed by atoms with Crippen molar-refractivity contribution in [3.63, 3.8) is 0 Å². The van der Waals surface area contributed by atoms with Gasteiger partial charge in [-0.25, -0.2) is 0 Å². The van der Waals surface area contributed by atoms with E-state index in [0.29, 0.717) is 0 Å². The molecule has 0 amide bonds. The van der Waals surface area contributed by atoms with Crippen molar-refractivity contribution in [2.45, 2.75) is 0 Å². The number of hydrogen-bond donors (Lipinski definition) is 0. The molecule has 1 nitrogen and oxygen atoms in total. The molecule has 0 aromatic heterocycles. The molecule has 0 unspecified atom stereocenters. The van der Waals surface area contributed by atoms with E-state index < -0.39 is 0 Å². The lowest BCUT2D eigenvalue weighted by atomic mass is 10.1. The molecule has 21 heavy (non-hydrogen) atoms. The largest absolute Gasteiger partial charge is 0.456 e. The highest BCUT2D eigenvalue weighted by molar-refractivity contribution is 5.65. The Morgan fingerprint density at radius 2 is 1.05 bits per heavy atom. The van der Waals surface area contributed by atoms with Gasteiger partial charge in [0.25, 0.3) is 0 Å². The first kappa shape index (κ1) is 14.6. The van der Waals surface area contributed by atoms with E-state index >= 15 is 0 Å². The summed E-state index contributed by atoms with van der Waals surface area (Å²) < 4.78 is 6.07. The van der Waals surface area contributed by atoms with Gasteiger partial charge in [0.05, 0.1) is 0 Å². The molecule has 0 heterocycles. The van der Waals surface area contributed by atoms with Crippen LogP contribution in [0.2, 0.25) is 0 Å². The zero-order valence-electron chi connectivity index (χ0n) is 12.0. The fourth-order valence-corrected chi connectivity index (χ4v) is 1.99. The average molecular weight is 274 g/mol. The van der Waals surface area contributed by atoms with Crippen molar-refractivity contribution in [1.82, 2.24) is 0 Å². The van der Waals surface area contributed by atoms with E-state index in [1.54, 1.807) is 24.3 Å². The highest BCUT2D eigenvalue weighted by Crippen LogP contribution is 2.31. The van der Waals surface area contributed by atoms with Crippen molar-refractivity contribution in [3.8, 4) is 11.5 Å². The van der Waals surface area contributed by atoms with Crippen LogP contribution in [0.1, 0.15) is 22.3 Å². The third kappa shape index (κ3) is 3.21. The second-order valence-electron chi connectivity index (χ2n) is 4.51. The normalized spacial score (nSPS) is 9.71. The molecule has 0 spiro atoms. The molecule has 0 bridgehead atoms. The Kier molecular flexibility index (Phi) is 4.57. The maximum absolute atomic E-state index is 6.07. The molecular weight excluding hydrogens is 256 g/mol. The maximum atomic E-state index is 6.07. The Labute approximate surface area is 126 Å². The van der Waals surface area contributed by atoms with E-state index in [1.165, 1.54) is 0 Å². The SMILES string of the molecule is C=Cc1ccc(C=C)c(Oc2cc(C=C)ccc2C=C)c1. The molecule has 0 saturated heterocycles. The van der Waals surface area contributed by atoms with Crippen molar-refractivity contribution in [3.05, 3.63) is 85.0 Å². The minimum Gasteiger partial charge on any atom is -0.456 e. The molecule has 0 saturated carbocycles. The van der Waals surface area contributed by atoms with Crippen LogP contribution in [0.3, 0.4) is 0 Å². The van der Waals surface area contributed by atoms with Crippen molar-refractivity contribution in [2.24, 2.45) is 0 Å². The Hall–Kier alpha value is -2.80. The van der Waals surface area contributed by atoms with Crippen LogP contribution >= 0.6 is 0 Å². The molecule has 0 N–H and O–H groups in total. The number of ether oxygens (including phenoxy) is 1. The lowest BCUT2D eigenvalue weighted by Gasteiger charge is -2.13. The first-order valence-corrected chi connectivity index (χ1v) is 6.67. The van der Waals surface area contributed by atoms with E-state index in [0.717, 1.165) is 33.8 Å². The third-order valence-corrected chi connectivity index (χ3v) is 3.21. The van der Waals surface area contributed by atoms with Gasteiger partial charge in [-0.1, -0.05) is 74.9 Å². The van der Waals surface area contributed by atoms with Crippen LogP contribution in [-0.2, 0) is 0 Å². The molecule has 1 heteroatoms. The van der Waals surface area contributed by atoms with Crippen LogP contribution in [0.15, 0.2) is 62.7 Å². The van der Waals surface area contributed by atoms with Crippen molar-refractivity contribution in [1.29, 1.82) is 0 Å². The van der Waals surface area contributed by atoms with Crippen LogP contribution < -0.4 is 4.74 Å². The summed E-state index contributed by atoms with van der Waals surface area (Å²) in [7, 11) is 0. The van der Waals surface area contributed by atoms with Gasteiger partial charge >= 0.3 is 0 Å². The predicted octanol–water partition coefficient (Wildman–Crippen LogP) is 6.05. The number of benzene rings is 2. The van der Waals surface area contributed by atoms with Crippen LogP contribution in [-0.4, -0.2) is 0 Å². The van der Waals surface area contributed by atoms with Crippen LogP contribution in [0, 0.1) is 0 Å². The number of hydrogen-bond acceptors (Lipinski definition) is 1. The summed E-state index contributed by atoms with van der Waals surface area (Å²) in [4.78, 5) is 0. The van der Waals surface area contributed by atoms with E-state index in [4.69, 9.17) is 4.74 Å². The lowest BCUT2D eigenvalue weighted by molar-refractivity contribution is 0.480. The molecule has 0 aliphatic carbocycles. The Balaban J connectivity index is 2.50. The van der Waals surface area contributed by atoms with Gasteiger partial charge in [-0.2, -0.15) is 0 Å². The van der Waals surface area contributed by atoms with Crippen molar-refractivity contribution in [2.75, 3.05) is 0 Å². The van der Waals surface area contributed by atoms with Gasteiger partial charge < -0.3 is 4.74 Å². The van der Waals surface area contributed by atoms with Gasteiger partial charge in [0, 0.05) is 11.1 Å². The highest BCUT2D eigenvalue weighted by Gasteiger charge is 2.07. The van der Waals surface area contributed by atoms with E-state index in [2.05, 4.69) is 26.3 Å². The van der Waals surface area contributed by atoms with Gasteiger partial charge in [0.15, 0.2) is 0 Å². The van der Waals surface area contributed by atoms with Crippen molar-refractivity contribution >= 4 is 24.3 Å².